The SMILES string of the molecule is O=C1NN=CC1C(=O)N/N=C/c1ccccc1Br. The van der Waals surface area contributed by atoms with Crippen molar-refractivity contribution >= 4 is 40.2 Å². The Morgan fingerprint density at radius 1 is 1.50 bits per heavy atom. The van der Waals surface area contributed by atoms with E-state index in [0.717, 1.165) is 10.0 Å². The number of rotatable bonds is 3. The summed E-state index contributed by atoms with van der Waals surface area (Å²) >= 11 is 3.35. The quantitative estimate of drug-likeness (QED) is 0.488. The first kappa shape index (κ1) is 12.4. The largest absolute Gasteiger partial charge is 0.272 e. The van der Waals surface area contributed by atoms with Gasteiger partial charge in [-0.1, -0.05) is 34.1 Å². The molecule has 0 saturated carbocycles. The lowest BCUT2D eigenvalue weighted by Crippen LogP contribution is -2.34. The minimum atomic E-state index is -0.915. The molecule has 1 aromatic rings. The molecule has 1 aliphatic rings. The van der Waals surface area contributed by atoms with Gasteiger partial charge in [0.05, 0.1) is 6.21 Å². The van der Waals surface area contributed by atoms with E-state index >= 15 is 0 Å². The number of benzene rings is 1. The van der Waals surface area contributed by atoms with Crippen LogP contribution in [0.5, 0.6) is 0 Å². The number of amides is 2. The maximum absolute atomic E-state index is 11.5. The Hall–Kier alpha value is -2.02. The van der Waals surface area contributed by atoms with E-state index in [1.54, 1.807) is 0 Å². The summed E-state index contributed by atoms with van der Waals surface area (Å²) in [4.78, 5) is 22.7. The van der Waals surface area contributed by atoms with E-state index in [-0.39, 0.29) is 0 Å². The topological polar surface area (TPSA) is 82.9 Å². The standard InChI is InChI=1S/C11H9BrN4O2/c12-9-4-2-1-3-7(9)5-13-15-10(17)8-6-14-16-11(8)18/h1-6,8H,(H,15,17)(H,16,18)/b13-5+. The van der Waals surface area contributed by atoms with Gasteiger partial charge in [0.1, 0.15) is 0 Å². The third-order valence-electron chi connectivity index (χ3n) is 2.25. The van der Waals surface area contributed by atoms with Crippen molar-refractivity contribution in [3.05, 3.63) is 34.3 Å². The molecule has 0 aromatic heterocycles. The van der Waals surface area contributed by atoms with Gasteiger partial charge in [0.15, 0.2) is 5.92 Å². The van der Waals surface area contributed by atoms with Crippen LogP contribution in [0, 0.1) is 5.92 Å². The Labute approximate surface area is 111 Å². The first-order valence-electron chi connectivity index (χ1n) is 5.09. The zero-order valence-corrected chi connectivity index (χ0v) is 10.7. The van der Waals surface area contributed by atoms with Gasteiger partial charge in [-0.3, -0.25) is 9.59 Å². The van der Waals surface area contributed by atoms with Gasteiger partial charge >= 0.3 is 0 Å². The molecule has 0 bridgehead atoms. The molecule has 2 amide bonds. The van der Waals surface area contributed by atoms with E-state index < -0.39 is 17.7 Å². The third-order valence-corrected chi connectivity index (χ3v) is 2.97. The molecule has 0 fully saturated rings. The van der Waals surface area contributed by atoms with Gasteiger partial charge < -0.3 is 0 Å². The summed E-state index contributed by atoms with van der Waals surface area (Å²) in [7, 11) is 0. The number of carbonyl (C=O) groups excluding carboxylic acids is 2. The second-order valence-corrected chi connectivity index (χ2v) is 4.34. The van der Waals surface area contributed by atoms with E-state index in [1.807, 2.05) is 24.3 Å². The van der Waals surface area contributed by atoms with Crippen molar-refractivity contribution < 1.29 is 9.59 Å². The Kier molecular flexibility index (Phi) is 3.83. The average molecular weight is 309 g/mol. The second kappa shape index (κ2) is 5.54. The molecule has 1 unspecified atom stereocenters. The predicted octanol–water partition coefficient (Wildman–Crippen LogP) is 0.631. The number of nitrogens with one attached hydrogen (secondary N) is 2. The summed E-state index contributed by atoms with van der Waals surface area (Å²) in [6, 6.07) is 7.42. The normalized spacial score (nSPS) is 18.1. The van der Waals surface area contributed by atoms with Crippen molar-refractivity contribution in [3.8, 4) is 0 Å². The van der Waals surface area contributed by atoms with Crippen LogP contribution in [0.3, 0.4) is 0 Å². The summed E-state index contributed by atoms with van der Waals surface area (Å²) in [5.74, 6) is -1.89. The van der Waals surface area contributed by atoms with E-state index in [2.05, 4.69) is 37.0 Å². The first-order valence-corrected chi connectivity index (χ1v) is 5.88. The zero-order chi connectivity index (χ0) is 13.0. The van der Waals surface area contributed by atoms with E-state index in [9.17, 15) is 9.59 Å². The molecule has 1 aromatic carbocycles. The molecule has 92 valence electrons. The molecular formula is C11H9BrN4O2. The molecule has 1 heterocycles. The van der Waals surface area contributed by atoms with Crippen LogP contribution < -0.4 is 10.9 Å². The molecule has 18 heavy (non-hydrogen) atoms. The number of hydrazone groups is 2. The van der Waals surface area contributed by atoms with Crippen LogP contribution in [0.4, 0.5) is 0 Å². The van der Waals surface area contributed by atoms with Crippen molar-refractivity contribution in [3.63, 3.8) is 0 Å². The van der Waals surface area contributed by atoms with Crippen LogP contribution in [0.25, 0.3) is 0 Å². The van der Waals surface area contributed by atoms with E-state index in [1.165, 1.54) is 12.4 Å². The second-order valence-electron chi connectivity index (χ2n) is 3.49. The summed E-state index contributed by atoms with van der Waals surface area (Å²) in [6.45, 7) is 0. The van der Waals surface area contributed by atoms with E-state index in [4.69, 9.17) is 0 Å². The highest BCUT2D eigenvalue weighted by atomic mass is 79.9. The fraction of sp³-hybridized carbons (Fsp3) is 0.0909. The molecule has 0 aliphatic carbocycles. The summed E-state index contributed by atoms with van der Waals surface area (Å²) in [5, 5.41) is 7.29. The van der Waals surface area contributed by atoms with Crippen molar-refractivity contribution in [1.29, 1.82) is 0 Å². The molecule has 1 atom stereocenters. The minimum absolute atomic E-state index is 0.455. The Bertz CT molecular complexity index is 542. The van der Waals surface area contributed by atoms with Crippen LogP contribution in [0.15, 0.2) is 38.9 Å². The van der Waals surface area contributed by atoms with Gasteiger partial charge in [-0.15, -0.1) is 0 Å². The molecule has 0 spiro atoms. The molecule has 1 aliphatic heterocycles. The maximum atomic E-state index is 11.5. The lowest BCUT2D eigenvalue weighted by Gasteiger charge is -2.02. The van der Waals surface area contributed by atoms with Crippen LogP contribution in [0.2, 0.25) is 0 Å². The summed E-state index contributed by atoms with van der Waals surface area (Å²) < 4.78 is 0.864. The van der Waals surface area contributed by atoms with Gasteiger partial charge in [0.2, 0.25) is 0 Å². The molecule has 2 N–H and O–H groups in total. The third kappa shape index (κ3) is 2.80. The number of carbonyl (C=O) groups is 2. The molecule has 0 radical (unpaired) electrons. The molecule has 7 heteroatoms. The minimum Gasteiger partial charge on any atom is -0.272 e. The fourth-order valence-corrected chi connectivity index (χ4v) is 1.70. The van der Waals surface area contributed by atoms with Gasteiger partial charge in [0.25, 0.3) is 11.8 Å². The highest BCUT2D eigenvalue weighted by molar-refractivity contribution is 9.10. The van der Waals surface area contributed by atoms with E-state index in [0.29, 0.717) is 0 Å². The number of hydrogen-bond donors (Lipinski definition) is 2. The Balaban J connectivity index is 1.96. The molecular weight excluding hydrogens is 300 g/mol. The smallest absolute Gasteiger partial charge is 0.258 e. The van der Waals surface area contributed by atoms with Crippen LogP contribution in [0.1, 0.15) is 5.56 Å². The van der Waals surface area contributed by atoms with Gasteiger partial charge in [-0.2, -0.15) is 10.2 Å². The maximum Gasteiger partial charge on any atom is 0.258 e. The monoisotopic (exact) mass is 308 g/mol. The Morgan fingerprint density at radius 2 is 2.28 bits per heavy atom. The van der Waals surface area contributed by atoms with Gasteiger partial charge in [0, 0.05) is 16.3 Å². The Morgan fingerprint density at radius 3 is 2.94 bits per heavy atom. The predicted molar refractivity (Wildman–Crippen MR) is 70.0 cm³/mol. The van der Waals surface area contributed by atoms with Crippen LogP contribution in [-0.4, -0.2) is 24.2 Å². The van der Waals surface area contributed by atoms with Gasteiger partial charge in [-0.25, -0.2) is 10.9 Å². The molecule has 2 rings (SSSR count). The summed E-state index contributed by atoms with van der Waals surface area (Å²) in [5.41, 5.74) is 5.29. The lowest BCUT2D eigenvalue weighted by atomic mass is 10.1. The van der Waals surface area contributed by atoms with Crippen molar-refractivity contribution in [2.75, 3.05) is 0 Å². The number of hydrogen-bond acceptors (Lipinski definition) is 4. The van der Waals surface area contributed by atoms with Crippen LogP contribution >= 0.6 is 15.9 Å². The van der Waals surface area contributed by atoms with Crippen molar-refractivity contribution in [2.45, 2.75) is 0 Å². The molecule has 6 nitrogen and oxygen atoms in total. The zero-order valence-electron chi connectivity index (χ0n) is 9.13. The molecule has 0 saturated heterocycles. The lowest BCUT2D eigenvalue weighted by molar-refractivity contribution is -0.131. The average Bonchev–Trinajstić information content (AvgIpc) is 2.78. The summed E-state index contributed by atoms with van der Waals surface area (Å²) in [6.07, 6.45) is 2.73. The number of halogens is 1. The number of nitrogens with zero attached hydrogens (tertiary/aromatic N) is 2. The highest BCUT2D eigenvalue weighted by Crippen LogP contribution is 2.13. The fourth-order valence-electron chi connectivity index (χ4n) is 1.31. The van der Waals surface area contributed by atoms with Crippen LogP contribution in [-0.2, 0) is 9.59 Å². The first-order chi connectivity index (χ1) is 8.68. The van der Waals surface area contributed by atoms with Gasteiger partial charge in [-0.05, 0) is 6.07 Å². The van der Waals surface area contributed by atoms with Crippen molar-refractivity contribution in [1.82, 2.24) is 10.9 Å². The van der Waals surface area contributed by atoms with Crippen molar-refractivity contribution in [2.24, 2.45) is 16.1 Å². The highest BCUT2D eigenvalue weighted by Gasteiger charge is 2.28.